The molecule has 3 unspecified atom stereocenters. The number of rotatable bonds is 5. The maximum absolute atomic E-state index is 12.9. The molecular formula is C14H22BrN3OS2. The van der Waals surface area contributed by atoms with Crippen LogP contribution in [0.5, 0.6) is 0 Å². The number of aromatic nitrogens is 2. The highest BCUT2D eigenvalue weighted by Gasteiger charge is 2.33. The number of carbonyl (C=O) groups excluding carboxylic acids is 1. The molecule has 0 aromatic carbocycles. The van der Waals surface area contributed by atoms with E-state index in [0.29, 0.717) is 10.5 Å². The van der Waals surface area contributed by atoms with Gasteiger partial charge in [-0.05, 0) is 30.0 Å². The van der Waals surface area contributed by atoms with Crippen molar-refractivity contribution in [2.75, 3.05) is 26.4 Å². The van der Waals surface area contributed by atoms with Gasteiger partial charge in [0.15, 0.2) is 5.78 Å². The zero-order chi connectivity index (χ0) is 15.6. The van der Waals surface area contributed by atoms with Crippen LogP contribution in [0, 0.1) is 0 Å². The molecule has 1 saturated heterocycles. The first kappa shape index (κ1) is 17.4. The Morgan fingerprint density at radius 1 is 1.48 bits per heavy atom. The molecule has 0 amide bonds. The molecule has 1 aromatic heterocycles. The summed E-state index contributed by atoms with van der Waals surface area (Å²) in [6, 6.07) is 0. The zero-order valence-electron chi connectivity index (χ0n) is 12.9. The third kappa shape index (κ3) is 4.27. The molecule has 1 aliphatic heterocycles. The summed E-state index contributed by atoms with van der Waals surface area (Å²) in [4.78, 5) is 15.0. The van der Waals surface area contributed by atoms with Crippen molar-refractivity contribution in [1.29, 1.82) is 0 Å². The van der Waals surface area contributed by atoms with Crippen LogP contribution >= 0.6 is 39.5 Å². The molecule has 0 spiro atoms. The molecule has 118 valence electrons. The van der Waals surface area contributed by atoms with Gasteiger partial charge in [-0.3, -0.25) is 9.48 Å². The quantitative estimate of drug-likeness (QED) is 0.721. The summed E-state index contributed by atoms with van der Waals surface area (Å²) in [6.45, 7) is 6.05. The van der Waals surface area contributed by atoms with Gasteiger partial charge in [-0.1, -0.05) is 13.8 Å². The van der Waals surface area contributed by atoms with Gasteiger partial charge in [-0.15, -0.1) is 11.8 Å². The first-order chi connectivity index (χ1) is 9.90. The van der Waals surface area contributed by atoms with E-state index in [1.807, 2.05) is 30.5 Å². The molecule has 4 nitrogen and oxygen atoms in total. The van der Waals surface area contributed by atoms with Crippen molar-refractivity contribution >= 4 is 45.2 Å². The van der Waals surface area contributed by atoms with Crippen molar-refractivity contribution in [3.63, 3.8) is 0 Å². The molecule has 0 bridgehead atoms. The third-order valence-corrected chi connectivity index (χ3v) is 7.60. The Bertz CT molecular complexity index is 506. The standard InChI is InChI=1S/C14H22BrN3OS2/c1-9-10(2)21-12(8-20-9)14(19)13-11(15)7-16-18(13)6-5-17(3)4/h7,9-10,12H,5-6,8H2,1-4H3. The summed E-state index contributed by atoms with van der Waals surface area (Å²) >= 11 is 7.18. The zero-order valence-corrected chi connectivity index (χ0v) is 16.1. The average Bonchev–Trinajstić information content (AvgIpc) is 2.80. The largest absolute Gasteiger partial charge is 0.308 e. The lowest BCUT2D eigenvalue weighted by atomic mass is 10.2. The summed E-state index contributed by atoms with van der Waals surface area (Å²) in [5, 5.41) is 5.50. The minimum Gasteiger partial charge on any atom is -0.308 e. The van der Waals surface area contributed by atoms with Crippen LogP contribution in [-0.2, 0) is 6.54 Å². The molecule has 1 aliphatic rings. The van der Waals surface area contributed by atoms with Crippen LogP contribution in [0.25, 0.3) is 0 Å². The highest BCUT2D eigenvalue weighted by atomic mass is 79.9. The first-order valence-corrected chi connectivity index (χ1v) is 9.86. The summed E-state index contributed by atoms with van der Waals surface area (Å²) in [5.74, 6) is 1.09. The monoisotopic (exact) mass is 391 g/mol. The van der Waals surface area contributed by atoms with Gasteiger partial charge < -0.3 is 4.90 Å². The van der Waals surface area contributed by atoms with Crippen LogP contribution in [-0.4, -0.2) is 62.6 Å². The second-order valence-corrected chi connectivity index (χ2v) is 9.45. The van der Waals surface area contributed by atoms with Gasteiger partial charge in [0.2, 0.25) is 0 Å². The van der Waals surface area contributed by atoms with Crippen LogP contribution in [0.2, 0.25) is 0 Å². The number of halogens is 1. The van der Waals surface area contributed by atoms with E-state index in [-0.39, 0.29) is 11.0 Å². The van der Waals surface area contributed by atoms with Gasteiger partial charge >= 0.3 is 0 Å². The second-order valence-electron chi connectivity index (χ2n) is 5.60. The van der Waals surface area contributed by atoms with E-state index in [2.05, 4.69) is 39.8 Å². The summed E-state index contributed by atoms with van der Waals surface area (Å²) < 4.78 is 2.64. The number of Topliss-reactive ketones (excluding diaryl/α,β-unsaturated/α-hetero) is 1. The predicted octanol–water partition coefficient (Wildman–Crippen LogP) is 3.02. The van der Waals surface area contributed by atoms with Gasteiger partial charge in [0.25, 0.3) is 0 Å². The Hall–Kier alpha value is 0.0200. The van der Waals surface area contributed by atoms with E-state index in [0.717, 1.165) is 29.0 Å². The number of carbonyl (C=O) groups is 1. The number of hydrogen-bond acceptors (Lipinski definition) is 5. The number of likely N-dealkylation sites (N-methyl/N-ethyl adjacent to an activating group) is 1. The van der Waals surface area contributed by atoms with Gasteiger partial charge in [-0.2, -0.15) is 16.9 Å². The van der Waals surface area contributed by atoms with E-state index < -0.39 is 0 Å². The van der Waals surface area contributed by atoms with Crippen LogP contribution in [0.1, 0.15) is 24.3 Å². The van der Waals surface area contributed by atoms with Crippen molar-refractivity contribution in [2.24, 2.45) is 0 Å². The maximum Gasteiger partial charge on any atom is 0.195 e. The molecule has 1 fully saturated rings. The summed E-state index contributed by atoms with van der Waals surface area (Å²) in [7, 11) is 4.05. The fraction of sp³-hybridized carbons (Fsp3) is 0.714. The molecule has 0 saturated carbocycles. The fourth-order valence-electron chi connectivity index (χ4n) is 2.15. The number of ketones is 1. The van der Waals surface area contributed by atoms with Crippen LogP contribution in [0.15, 0.2) is 10.7 Å². The molecule has 3 atom stereocenters. The van der Waals surface area contributed by atoms with Crippen LogP contribution in [0.3, 0.4) is 0 Å². The van der Waals surface area contributed by atoms with Crippen LogP contribution < -0.4 is 0 Å². The fourth-order valence-corrected chi connectivity index (χ4v) is 5.49. The molecule has 21 heavy (non-hydrogen) atoms. The lowest BCUT2D eigenvalue weighted by Gasteiger charge is -2.30. The normalized spacial score (nSPS) is 26.3. The molecule has 0 radical (unpaired) electrons. The van der Waals surface area contributed by atoms with Crippen molar-refractivity contribution < 1.29 is 4.79 Å². The maximum atomic E-state index is 12.9. The number of nitrogens with zero attached hydrogens (tertiary/aromatic N) is 3. The van der Waals surface area contributed by atoms with Crippen molar-refractivity contribution in [3.8, 4) is 0 Å². The minimum absolute atomic E-state index is 0.0345. The smallest absolute Gasteiger partial charge is 0.195 e. The SMILES string of the molecule is CC1SCC(C(=O)c2c(Br)cnn2CCN(C)C)SC1C. The molecule has 2 rings (SSSR count). The second kappa shape index (κ2) is 7.53. The van der Waals surface area contributed by atoms with Crippen molar-refractivity contribution in [1.82, 2.24) is 14.7 Å². The van der Waals surface area contributed by atoms with E-state index in [1.54, 1.807) is 18.0 Å². The lowest BCUT2D eigenvalue weighted by molar-refractivity contribution is 0.0983. The molecular weight excluding hydrogens is 370 g/mol. The number of hydrogen-bond donors (Lipinski definition) is 0. The Morgan fingerprint density at radius 2 is 2.19 bits per heavy atom. The Kier molecular flexibility index (Phi) is 6.23. The van der Waals surface area contributed by atoms with Gasteiger partial charge in [-0.25, -0.2) is 0 Å². The third-order valence-electron chi connectivity index (χ3n) is 3.63. The molecule has 2 heterocycles. The van der Waals surface area contributed by atoms with E-state index >= 15 is 0 Å². The Balaban J connectivity index is 2.13. The molecule has 0 N–H and O–H groups in total. The van der Waals surface area contributed by atoms with Crippen molar-refractivity contribution in [2.45, 2.75) is 36.1 Å². The Labute approximate surface area is 143 Å². The molecule has 7 heteroatoms. The van der Waals surface area contributed by atoms with E-state index in [9.17, 15) is 4.79 Å². The highest BCUT2D eigenvalue weighted by Crippen LogP contribution is 2.37. The topological polar surface area (TPSA) is 38.1 Å². The van der Waals surface area contributed by atoms with E-state index in [4.69, 9.17) is 0 Å². The van der Waals surface area contributed by atoms with Gasteiger partial charge in [0.1, 0.15) is 5.69 Å². The summed E-state index contributed by atoms with van der Waals surface area (Å²) in [6.07, 6.45) is 1.73. The Morgan fingerprint density at radius 3 is 2.81 bits per heavy atom. The van der Waals surface area contributed by atoms with E-state index in [1.165, 1.54) is 0 Å². The van der Waals surface area contributed by atoms with Gasteiger partial charge in [0.05, 0.1) is 22.5 Å². The van der Waals surface area contributed by atoms with Gasteiger partial charge in [0, 0.05) is 22.8 Å². The minimum atomic E-state index is 0.0345. The lowest BCUT2D eigenvalue weighted by Crippen LogP contribution is -2.33. The average molecular weight is 392 g/mol. The highest BCUT2D eigenvalue weighted by molar-refractivity contribution is 9.10. The summed E-state index contributed by atoms with van der Waals surface area (Å²) in [5.41, 5.74) is 0.719. The molecule has 1 aromatic rings. The predicted molar refractivity (Wildman–Crippen MR) is 95.6 cm³/mol. The van der Waals surface area contributed by atoms with Crippen LogP contribution in [0.4, 0.5) is 0 Å². The van der Waals surface area contributed by atoms with Crippen molar-refractivity contribution in [3.05, 3.63) is 16.4 Å². The molecule has 0 aliphatic carbocycles. The first-order valence-electron chi connectivity index (χ1n) is 7.07. The number of thioether (sulfide) groups is 2.